The Morgan fingerprint density at radius 2 is 0.925 bits per heavy atom. The molecule has 316 valence electrons. The van der Waals surface area contributed by atoms with Crippen LogP contribution in [0.5, 0.6) is 17.2 Å². The summed E-state index contributed by atoms with van der Waals surface area (Å²) in [6.07, 6.45) is 0. The first kappa shape index (κ1) is 38.4. The minimum atomic E-state index is 0.534. The van der Waals surface area contributed by atoms with E-state index in [2.05, 4.69) is 217 Å². The largest absolute Gasteiger partial charge is 0.457 e. The van der Waals surface area contributed by atoms with Crippen molar-refractivity contribution in [3.05, 3.63) is 248 Å². The van der Waals surface area contributed by atoms with Crippen LogP contribution < -0.4 is 19.3 Å². The minimum Gasteiger partial charge on any atom is -0.457 e. The van der Waals surface area contributed by atoms with Crippen LogP contribution in [0.4, 0.5) is 34.1 Å². The maximum absolute atomic E-state index is 6.92. The normalized spacial score (nSPS) is 12.5. The van der Waals surface area contributed by atoms with Gasteiger partial charge in [0.25, 0.3) is 0 Å². The first-order valence-electron chi connectivity index (χ1n) is 22.4. The summed E-state index contributed by atoms with van der Waals surface area (Å²) >= 11 is 0. The maximum Gasteiger partial charge on any atom is 0.159 e. The molecule has 0 N–H and O–H groups in total. The molecule has 0 saturated carbocycles. The standard InChI is InChI=1S/C62H40N2O3/c1-39-49-32-30-47(63(44-20-8-4-9-21-44)46-29-28-41-16-12-13-19-43(41)36-46)37-57(49)66-56-35-34-52-51-33-31-48(38-58(51)65-40(2)60(52)59(39)56)64(45-22-10-5-11-23-45)55-27-15-26-54-53-25-14-24-50(61(53)67-62(54)55)42-17-6-3-7-18-42/h3-38H,1-2H2. The maximum atomic E-state index is 6.92. The van der Waals surface area contributed by atoms with E-state index in [4.69, 9.17) is 13.9 Å². The molecule has 5 heteroatoms. The fraction of sp³-hybridized carbons (Fsp3) is 0. The molecule has 2 aliphatic heterocycles. The number of fused-ring (bicyclic) bond motifs is 10. The molecule has 0 atom stereocenters. The van der Waals surface area contributed by atoms with E-state index in [9.17, 15) is 0 Å². The number of hydrogen-bond donors (Lipinski definition) is 0. The Morgan fingerprint density at radius 3 is 1.69 bits per heavy atom. The Bertz CT molecular complexity index is 3800. The van der Waals surface area contributed by atoms with Crippen molar-refractivity contribution in [3.63, 3.8) is 0 Å². The second kappa shape index (κ2) is 15.3. The van der Waals surface area contributed by atoms with E-state index < -0.39 is 0 Å². The monoisotopic (exact) mass is 860 g/mol. The van der Waals surface area contributed by atoms with Gasteiger partial charge < -0.3 is 23.7 Å². The topological polar surface area (TPSA) is 38.1 Å². The van der Waals surface area contributed by atoms with Gasteiger partial charge in [-0.1, -0.05) is 141 Å². The predicted octanol–water partition coefficient (Wildman–Crippen LogP) is 17.5. The summed E-state index contributed by atoms with van der Waals surface area (Å²) in [4.78, 5) is 4.50. The highest BCUT2D eigenvalue weighted by Crippen LogP contribution is 2.54. The fourth-order valence-corrected chi connectivity index (χ4v) is 10.0. The molecule has 0 bridgehead atoms. The van der Waals surface area contributed by atoms with Crippen LogP contribution in [0.25, 0.3) is 66.3 Å². The molecule has 67 heavy (non-hydrogen) atoms. The highest BCUT2D eigenvalue weighted by Gasteiger charge is 2.32. The Morgan fingerprint density at radius 1 is 0.343 bits per heavy atom. The van der Waals surface area contributed by atoms with Gasteiger partial charge >= 0.3 is 0 Å². The van der Waals surface area contributed by atoms with Gasteiger partial charge in [-0.05, 0) is 106 Å². The van der Waals surface area contributed by atoms with Crippen LogP contribution in [-0.4, -0.2) is 0 Å². The highest BCUT2D eigenvalue weighted by atomic mass is 16.5. The van der Waals surface area contributed by atoms with Gasteiger partial charge in [-0.15, -0.1) is 0 Å². The van der Waals surface area contributed by atoms with Crippen LogP contribution >= 0.6 is 0 Å². The molecule has 0 radical (unpaired) electrons. The molecule has 0 spiro atoms. The lowest BCUT2D eigenvalue weighted by atomic mass is 9.85. The molecular formula is C62H40N2O3. The second-order valence-electron chi connectivity index (χ2n) is 17.0. The summed E-state index contributed by atoms with van der Waals surface area (Å²) in [5.74, 6) is 2.69. The lowest BCUT2D eigenvalue weighted by Crippen LogP contribution is -2.14. The van der Waals surface area contributed by atoms with Gasteiger partial charge in [-0.2, -0.15) is 0 Å². The van der Waals surface area contributed by atoms with Gasteiger partial charge in [0.05, 0.1) is 11.4 Å². The van der Waals surface area contributed by atoms with Crippen LogP contribution in [0, 0.1) is 0 Å². The zero-order valence-electron chi connectivity index (χ0n) is 36.3. The summed E-state index contributed by atoms with van der Waals surface area (Å²) in [6.45, 7) is 9.20. The number of benzene rings is 10. The SMILES string of the molecule is C=C1c2ccc(N(c3ccccc3)c3ccc4ccccc4c3)cc2Oc2ccc3c(c21)C(=C)Oc1cc(N(c2ccccc2)c2cccc4c2oc2c(-c5ccccc5)cccc24)ccc1-3. The molecule has 2 aliphatic rings. The van der Waals surface area contributed by atoms with Crippen molar-refractivity contribution in [2.75, 3.05) is 9.80 Å². The first-order valence-corrected chi connectivity index (χ1v) is 22.4. The average molecular weight is 861 g/mol. The van der Waals surface area contributed by atoms with Crippen LogP contribution in [0.1, 0.15) is 16.7 Å². The highest BCUT2D eigenvalue weighted by molar-refractivity contribution is 6.13. The van der Waals surface area contributed by atoms with E-state index in [-0.39, 0.29) is 0 Å². The molecule has 0 saturated heterocycles. The number of ether oxygens (including phenoxy) is 2. The molecule has 5 nitrogen and oxygen atoms in total. The predicted molar refractivity (Wildman–Crippen MR) is 276 cm³/mol. The van der Waals surface area contributed by atoms with Gasteiger partial charge in [-0.3, -0.25) is 0 Å². The molecular weight excluding hydrogens is 821 g/mol. The van der Waals surface area contributed by atoms with E-state index >= 15 is 0 Å². The summed E-state index contributed by atoms with van der Waals surface area (Å²) in [5, 5.41) is 4.49. The third-order valence-electron chi connectivity index (χ3n) is 13.1. The van der Waals surface area contributed by atoms with Gasteiger partial charge in [0, 0.05) is 73.5 Å². The Balaban J connectivity index is 0.883. The smallest absolute Gasteiger partial charge is 0.159 e. The molecule has 0 aliphatic carbocycles. The van der Waals surface area contributed by atoms with E-state index in [0.717, 1.165) is 106 Å². The summed E-state index contributed by atoms with van der Waals surface area (Å²) in [5.41, 5.74) is 15.2. The van der Waals surface area contributed by atoms with E-state index in [1.165, 1.54) is 10.8 Å². The van der Waals surface area contributed by atoms with Crippen LogP contribution in [0.2, 0.25) is 0 Å². The molecule has 0 amide bonds. The lowest BCUT2D eigenvalue weighted by molar-refractivity contribution is 0.471. The fourth-order valence-electron chi connectivity index (χ4n) is 10.0. The molecule has 10 aromatic carbocycles. The zero-order valence-corrected chi connectivity index (χ0v) is 36.3. The first-order chi connectivity index (χ1) is 33.1. The van der Waals surface area contributed by atoms with Gasteiger partial charge in [0.1, 0.15) is 28.6 Å². The Kier molecular flexibility index (Phi) is 8.77. The summed E-state index contributed by atoms with van der Waals surface area (Å²) < 4.78 is 20.5. The zero-order chi connectivity index (χ0) is 44.6. The van der Waals surface area contributed by atoms with E-state index in [1.807, 2.05) is 24.3 Å². The number of rotatable bonds is 7. The molecule has 11 aromatic rings. The van der Waals surface area contributed by atoms with Crippen molar-refractivity contribution in [2.45, 2.75) is 0 Å². The van der Waals surface area contributed by atoms with Crippen molar-refractivity contribution >= 4 is 78.2 Å². The Hall–Kier alpha value is -9.06. The lowest BCUT2D eigenvalue weighted by Gasteiger charge is -2.32. The average Bonchev–Trinajstić information content (AvgIpc) is 3.77. The van der Waals surface area contributed by atoms with Gasteiger partial charge in [-0.25, -0.2) is 0 Å². The summed E-state index contributed by atoms with van der Waals surface area (Å²) in [7, 11) is 0. The van der Waals surface area contributed by atoms with Crippen molar-refractivity contribution in [3.8, 4) is 39.5 Å². The third kappa shape index (κ3) is 6.24. The molecule has 0 fully saturated rings. The van der Waals surface area contributed by atoms with E-state index in [0.29, 0.717) is 17.3 Å². The van der Waals surface area contributed by atoms with Crippen molar-refractivity contribution in [1.82, 2.24) is 0 Å². The van der Waals surface area contributed by atoms with Gasteiger partial charge in [0.15, 0.2) is 5.58 Å². The number of furan rings is 1. The summed E-state index contributed by atoms with van der Waals surface area (Å²) in [6, 6.07) is 75.9. The molecule has 3 heterocycles. The second-order valence-corrected chi connectivity index (χ2v) is 17.0. The van der Waals surface area contributed by atoms with Crippen LogP contribution in [0.3, 0.4) is 0 Å². The minimum absolute atomic E-state index is 0.534. The van der Waals surface area contributed by atoms with Crippen LogP contribution in [0.15, 0.2) is 236 Å². The number of hydrogen-bond acceptors (Lipinski definition) is 5. The number of anilines is 6. The molecule has 0 unspecified atom stereocenters. The van der Waals surface area contributed by atoms with Crippen molar-refractivity contribution in [2.24, 2.45) is 0 Å². The van der Waals surface area contributed by atoms with Gasteiger partial charge in [0.2, 0.25) is 0 Å². The third-order valence-corrected chi connectivity index (χ3v) is 13.1. The number of para-hydroxylation sites is 4. The molecule has 13 rings (SSSR count). The van der Waals surface area contributed by atoms with Crippen LogP contribution in [-0.2, 0) is 0 Å². The quantitative estimate of drug-likeness (QED) is 0.160. The molecule has 1 aromatic heterocycles. The van der Waals surface area contributed by atoms with Crippen molar-refractivity contribution in [1.29, 1.82) is 0 Å². The Labute approximate surface area is 387 Å². The number of nitrogens with zero attached hydrogens (tertiary/aromatic N) is 2. The van der Waals surface area contributed by atoms with Crippen molar-refractivity contribution < 1.29 is 13.9 Å². The van der Waals surface area contributed by atoms with E-state index in [1.54, 1.807) is 0 Å².